The summed E-state index contributed by atoms with van der Waals surface area (Å²) in [5.41, 5.74) is 2.91. The second-order valence-electron chi connectivity index (χ2n) is 6.90. The molecule has 0 heterocycles. The Morgan fingerprint density at radius 1 is 0.733 bits per heavy atom. The van der Waals surface area contributed by atoms with Crippen LogP contribution in [0.15, 0.2) is 72.8 Å². The second kappa shape index (κ2) is 17.4. The molecular weight excluding hydrogens is 464 g/mol. The molecular formula is C26H34O2SiZr-2. The van der Waals surface area contributed by atoms with E-state index in [2.05, 4.69) is 99.7 Å². The molecule has 160 valence electrons. The quantitative estimate of drug-likeness (QED) is 0.246. The van der Waals surface area contributed by atoms with Crippen molar-refractivity contribution in [2.24, 2.45) is 0 Å². The molecule has 0 fully saturated rings. The van der Waals surface area contributed by atoms with Crippen molar-refractivity contribution in [1.82, 2.24) is 0 Å². The van der Waals surface area contributed by atoms with Gasteiger partial charge >= 0.3 is 41.9 Å². The van der Waals surface area contributed by atoms with Crippen molar-refractivity contribution in [1.29, 1.82) is 0 Å². The smallest absolute Gasteiger partial charge is 0.0579 e. The third-order valence-corrected chi connectivity index (χ3v) is 3.52. The summed E-state index contributed by atoms with van der Waals surface area (Å²) < 4.78 is 0. The van der Waals surface area contributed by atoms with Gasteiger partial charge in [-0.3, -0.25) is 0 Å². The van der Waals surface area contributed by atoms with Crippen molar-refractivity contribution >= 4 is 27.0 Å². The van der Waals surface area contributed by atoms with Gasteiger partial charge in [-0.1, -0.05) is 39.8 Å². The summed E-state index contributed by atoms with van der Waals surface area (Å²) in [5, 5.41) is 23.2. The zero-order valence-electron chi connectivity index (χ0n) is 19.2. The molecule has 0 amide bonds. The first-order valence-corrected chi connectivity index (χ1v) is 16.4. The van der Waals surface area contributed by atoms with Crippen LogP contribution in [0.4, 0.5) is 0 Å². The zero-order valence-corrected chi connectivity index (χ0v) is 22.6. The van der Waals surface area contributed by atoms with Crippen molar-refractivity contribution in [2.75, 3.05) is 13.2 Å². The molecule has 2 nitrogen and oxygen atoms in total. The molecule has 0 aliphatic rings. The van der Waals surface area contributed by atoms with Crippen LogP contribution in [0.25, 0.3) is 21.5 Å². The van der Waals surface area contributed by atoms with Gasteiger partial charge in [-0.05, 0) is 0 Å². The van der Waals surface area contributed by atoms with E-state index in [4.69, 9.17) is 10.2 Å². The fraction of sp³-hybridized carbons (Fsp3) is 0.308. The Morgan fingerprint density at radius 2 is 1.00 bits per heavy atom. The van der Waals surface area contributed by atoms with E-state index in [-0.39, 0.29) is 18.6 Å². The van der Waals surface area contributed by atoms with E-state index in [0.717, 1.165) is 0 Å². The standard InChI is InChI=1S/2C10H9.2C2H5O.C2H6Si.Zr/c2*1-8-6-9-4-2-3-5-10(9)7-8;2*1-2-3;1-3-2;/h2*2-7H,1H3;2*2H2,1H3;1-2H3;/q4*-1;;+2. The molecule has 0 saturated heterocycles. The normalized spacial score (nSPS) is 9.13. The fourth-order valence-corrected chi connectivity index (χ4v) is 2.61. The van der Waals surface area contributed by atoms with Crippen LogP contribution in [0.3, 0.4) is 0 Å². The molecule has 0 radical (unpaired) electrons. The minimum Gasteiger partial charge on any atom is -0.165 e. The van der Waals surface area contributed by atoms with Crippen LogP contribution >= 0.6 is 0 Å². The average molecular weight is 498 g/mol. The van der Waals surface area contributed by atoms with Crippen molar-refractivity contribution in [3.05, 3.63) is 83.9 Å². The maximum absolute atomic E-state index is 8.93. The number of benzene rings is 2. The van der Waals surface area contributed by atoms with E-state index in [1.807, 2.05) is 0 Å². The van der Waals surface area contributed by atoms with Crippen molar-refractivity contribution in [2.45, 2.75) is 40.8 Å². The molecule has 4 aromatic carbocycles. The number of hydrogen-bond donors (Lipinski definition) is 0. The second-order valence-corrected chi connectivity index (χ2v) is 16.3. The summed E-state index contributed by atoms with van der Waals surface area (Å²) in [6, 6.07) is 25.7. The van der Waals surface area contributed by atoms with Crippen LogP contribution in [0.2, 0.25) is 13.1 Å². The molecule has 0 atom stereocenters. The topological polar surface area (TPSA) is 46.1 Å². The van der Waals surface area contributed by atoms with Gasteiger partial charge in [0.2, 0.25) is 0 Å². The fourth-order valence-electron chi connectivity index (χ4n) is 2.61. The molecule has 30 heavy (non-hydrogen) atoms. The largest absolute Gasteiger partial charge is 0.165 e. The van der Waals surface area contributed by atoms with Crippen LogP contribution in [0.5, 0.6) is 0 Å². The first-order chi connectivity index (χ1) is 14.3. The molecule has 4 rings (SSSR count). The van der Waals surface area contributed by atoms with Gasteiger partial charge < -0.3 is 10.2 Å². The molecule has 0 aliphatic heterocycles. The summed E-state index contributed by atoms with van der Waals surface area (Å²) in [4.78, 5) is 0. The Kier molecular flexibility index (Phi) is 16.6. The van der Waals surface area contributed by atoms with Crippen LogP contribution in [0, 0.1) is 13.8 Å². The molecule has 0 N–H and O–H groups in total. The van der Waals surface area contributed by atoms with Crippen molar-refractivity contribution in [3.63, 3.8) is 0 Å². The van der Waals surface area contributed by atoms with Crippen molar-refractivity contribution in [3.8, 4) is 0 Å². The van der Waals surface area contributed by atoms with Gasteiger partial charge in [-0.15, -0.1) is 94.4 Å². The monoisotopic (exact) mass is 496 g/mol. The Hall–Kier alpha value is -1.32. The molecule has 4 aromatic rings. The Labute approximate surface area is 197 Å². The molecule has 0 aliphatic carbocycles. The summed E-state index contributed by atoms with van der Waals surface area (Å²) in [6.45, 7) is 12.0. The summed E-state index contributed by atoms with van der Waals surface area (Å²) in [5.74, 6) is 0. The number of aryl methyl sites for hydroxylation is 2. The van der Waals surface area contributed by atoms with Crippen LogP contribution in [0.1, 0.15) is 25.0 Å². The van der Waals surface area contributed by atoms with E-state index in [0.29, 0.717) is 0 Å². The zero-order chi connectivity index (χ0) is 22.9. The summed E-state index contributed by atoms with van der Waals surface area (Å²) in [7, 11) is 0. The van der Waals surface area contributed by atoms with E-state index in [1.165, 1.54) is 32.7 Å². The number of rotatable bonds is 0. The molecule has 0 saturated carbocycles. The van der Waals surface area contributed by atoms with E-state index >= 15 is 0 Å². The van der Waals surface area contributed by atoms with Gasteiger partial charge in [0.25, 0.3) is 0 Å². The SMILES string of the molecule is CC[O-].CC[O-].C[Si](C)=[Zr+2].Cc1cc2ccccc2[cH-]1.Cc1cc2ccccc2[cH-]1. The van der Waals surface area contributed by atoms with Crippen molar-refractivity contribution < 1.29 is 33.5 Å². The predicted molar refractivity (Wildman–Crippen MR) is 127 cm³/mol. The Balaban J connectivity index is 0.000000395. The molecule has 0 bridgehead atoms. The minimum absolute atomic E-state index is 0. The van der Waals surface area contributed by atoms with Crippen LogP contribution in [-0.4, -0.2) is 18.6 Å². The molecule has 0 aromatic heterocycles. The first kappa shape index (κ1) is 28.7. The van der Waals surface area contributed by atoms with Gasteiger partial charge in [0.15, 0.2) is 0 Å². The maximum atomic E-state index is 8.93. The van der Waals surface area contributed by atoms with Gasteiger partial charge in [0.1, 0.15) is 0 Å². The average Bonchev–Trinajstić information content (AvgIpc) is 3.23. The maximum Gasteiger partial charge on any atom is -0.0579 e. The minimum atomic E-state index is 0. The number of hydrogen-bond acceptors (Lipinski definition) is 2. The van der Waals surface area contributed by atoms with Crippen LogP contribution < -0.4 is 10.2 Å². The van der Waals surface area contributed by atoms with Gasteiger partial charge in [-0.2, -0.15) is 12.1 Å². The third-order valence-electron chi connectivity index (χ3n) is 3.52. The Bertz CT molecular complexity index is 825. The van der Waals surface area contributed by atoms with Gasteiger partial charge in [0, 0.05) is 0 Å². The molecule has 0 spiro atoms. The first-order valence-electron chi connectivity index (χ1n) is 10.2. The Morgan fingerprint density at radius 3 is 1.27 bits per heavy atom. The van der Waals surface area contributed by atoms with E-state index < -0.39 is 0 Å². The van der Waals surface area contributed by atoms with E-state index in [1.54, 1.807) is 37.2 Å². The predicted octanol–water partition coefficient (Wildman–Crippen LogP) is 5.25. The summed E-state index contributed by atoms with van der Waals surface area (Å²) in [6.07, 6.45) is 0. The molecule has 4 heteroatoms. The van der Waals surface area contributed by atoms with Crippen LogP contribution in [-0.2, 0) is 23.3 Å². The summed E-state index contributed by atoms with van der Waals surface area (Å²) >= 11 is 1.74. The molecule has 0 unspecified atom stereocenters. The van der Waals surface area contributed by atoms with Gasteiger partial charge in [-0.25, -0.2) is 0 Å². The third kappa shape index (κ3) is 13.1. The van der Waals surface area contributed by atoms with E-state index in [9.17, 15) is 0 Å². The van der Waals surface area contributed by atoms with Gasteiger partial charge in [0.05, 0.1) is 0 Å². The number of fused-ring (bicyclic) bond motifs is 2.